The Bertz CT molecular complexity index is 1150. The van der Waals surface area contributed by atoms with Gasteiger partial charge in [-0.2, -0.15) is 0 Å². The predicted molar refractivity (Wildman–Crippen MR) is 128 cm³/mol. The lowest BCUT2D eigenvalue weighted by Crippen LogP contribution is -2.43. The fourth-order valence-corrected chi connectivity index (χ4v) is 4.71. The number of hydrogen-bond acceptors (Lipinski definition) is 4. The minimum atomic E-state index is -0.0750. The minimum absolute atomic E-state index is 0.0416. The van der Waals surface area contributed by atoms with Crippen LogP contribution in [0, 0.1) is 12.8 Å². The molecule has 1 N–H and O–H groups in total. The van der Waals surface area contributed by atoms with E-state index in [1.54, 1.807) is 6.33 Å². The molecule has 1 fully saturated rings. The summed E-state index contributed by atoms with van der Waals surface area (Å²) in [6, 6.07) is 18.3. The first-order valence-electron chi connectivity index (χ1n) is 11.9. The molecule has 0 radical (unpaired) electrons. The van der Waals surface area contributed by atoms with Crippen LogP contribution < -0.4 is 5.32 Å². The maximum absolute atomic E-state index is 13.2. The van der Waals surface area contributed by atoms with Crippen LogP contribution in [0.3, 0.4) is 0 Å². The molecule has 0 spiro atoms. The molecule has 1 saturated heterocycles. The largest absolute Gasteiger partial charge is 0.365 e. The van der Waals surface area contributed by atoms with Crippen LogP contribution in [0.2, 0.25) is 0 Å². The van der Waals surface area contributed by atoms with Gasteiger partial charge in [0.25, 0.3) is 5.91 Å². The summed E-state index contributed by atoms with van der Waals surface area (Å²) in [4.78, 5) is 32.1. The van der Waals surface area contributed by atoms with Gasteiger partial charge in [-0.05, 0) is 30.9 Å². The number of fused-ring (bicyclic) bond motifs is 1. The van der Waals surface area contributed by atoms with E-state index in [0.29, 0.717) is 51.3 Å². The number of hydrogen-bond donors (Lipinski definition) is 1. The number of aromatic nitrogens is 2. The number of benzene rings is 2. The number of aryl methyl sites for hydroxylation is 1. The Morgan fingerprint density at radius 2 is 1.79 bits per heavy atom. The number of carbonyl (C=O) groups is 2. The van der Waals surface area contributed by atoms with E-state index in [4.69, 9.17) is 4.74 Å². The van der Waals surface area contributed by atoms with Gasteiger partial charge in [0.15, 0.2) is 5.69 Å². The number of imidazole rings is 1. The van der Waals surface area contributed by atoms with E-state index in [9.17, 15) is 9.59 Å². The first kappa shape index (κ1) is 22.3. The highest BCUT2D eigenvalue weighted by Gasteiger charge is 2.32. The Morgan fingerprint density at radius 3 is 2.53 bits per heavy atom. The van der Waals surface area contributed by atoms with Gasteiger partial charge in [0.1, 0.15) is 6.10 Å². The molecule has 2 aromatic carbocycles. The van der Waals surface area contributed by atoms with Crippen molar-refractivity contribution in [2.24, 2.45) is 5.92 Å². The van der Waals surface area contributed by atoms with Crippen molar-refractivity contribution in [1.82, 2.24) is 19.8 Å². The number of piperidine rings is 1. The third-order valence-electron chi connectivity index (χ3n) is 6.84. The van der Waals surface area contributed by atoms with E-state index in [1.807, 2.05) is 58.9 Å². The van der Waals surface area contributed by atoms with Crippen molar-refractivity contribution in [3.05, 3.63) is 89.0 Å². The molecule has 7 heteroatoms. The molecule has 7 nitrogen and oxygen atoms in total. The van der Waals surface area contributed by atoms with Crippen molar-refractivity contribution >= 4 is 11.8 Å². The average Bonchev–Trinajstić information content (AvgIpc) is 3.32. The third kappa shape index (κ3) is 4.75. The van der Waals surface area contributed by atoms with E-state index in [2.05, 4.69) is 22.4 Å². The smallest absolute Gasteiger partial charge is 0.274 e. The maximum atomic E-state index is 13.2. The number of likely N-dealkylation sites (tertiary alicyclic amines) is 1. The molecule has 176 valence electrons. The fourth-order valence-electron chi connectivity index (χ4n) is 4.71. The summed E-state index contributed by atoms with van der Waals surface area (Å²) < 4.78 is 8.09. The zero-order valence-electron chi connectivity index (χ0n) is 19.4. The van der Waals surface area contributed by atoms with Crippen LogP contribution in [0.15, 0.2) is 60.9 Å². The number of rotatable bonds is 5. The summed E-state index contributed by atoms with van der Waals surface area (Å²) in [5.41, 5.74) is 4.71. The van der Waals surface area contributed by atoms with Crippen LogP contribution in [0.4, 0.5) is 0 Å². The second-order valence-corrected chi connectivity index (χ2v) is 9.17. The SMILES string of the molecule is Cc1ccc(CNC(=O)C2CCN(C(=O)c3ncn4c3CO[C@@H](c3ccccc3)C4)CC2)cc1. The second-order valence-electron chi connectivity index (χ2n) is 9.17. The summed E-state index contributed by atoms with van der Waals surface area (Å²) in [6.07, 6.45) is 3.02. The van der Waals surface area contributed by atoms with Gasteiger partial charge in [-0.1, -0.05) is 60.2 Å². The Kier molecular flexibility index (Phi) is 6.45. The summed E-state index contributed by atoms with van der Waals surface area (Å²) in [5.74, 6) is -0.0817. The molecule has 3 aromatic rings. The highest BCUT2D eigenvalue weighted by atomic mass is 16.5. The van der Waals surface area contributed by atoms with Crippen molar-refractivity contribution in [1.29, 1.82) is 0 Å². The molecule has 2 aliphatic heterocycles. The Hall–Kier alpha value is -3.45. The number of carbonyl (C=O) groups excluding carboxylic acids is 2. The zero-order valence-corrected chi connectivity index (χ0v) is 19.4. The third-order valence-corrected chi connectivity index (χ3v) is 6.84. The van der Waals surface area contributed by atoms with E-state index >= 15 is 0 Å². The Morgan fingerprint density at radius 1 is 1.06 bits per heavy atom. The molecule has 1 atom stereocenters. The molecular formula is C27H30N4O3. The van der Waals surface area contributed by atoms with Crippen LogP contribution in [-0.4, -0.2) is 39.4 Å². The monoisotopic (exact) mass is 458 g/mol. The minimum Gasteiger partial charge on any atom is -0.365 e. The Balaban J connectivity index is 1.15. The predicted octanol–water partition coefficient (Wildman–Crippen LogP) is 3.63. The highest BCUT2D eigenvalue weighted by Crippen LogP contribution is 2.28. The molecule has 0 aliphatic carbocycles. The lowest BCUT2D eigenvalue weighted by atomic mass is 9.95. The molecule has 0 bridgehead atoms. The van der Waals surface area contributed by atoms with Gasteiger partial charge < -0.3 is 19.5 Å². The van der Waals surface area contributed by atoms with Crippen LogP contribution in [-0.2, 0) is 29.2 Å². The summed E-state index contributed by atoms with van der Waals surface area (Å²) in [7, 11) is 0. The van der Waals surface area contributed by atoms with Crippen LogP contribution >= 0.6 is 0 Å². The molecule has 3 heterocycles. The van der Waals surface area contributed by atoms with Gasteiger partial charge in [-0.15, -0.1) is 0 Å². The molecule has 34 heavy (non-hydrogen) atoms. The molecule has 5 rings (SSSR count). The number of ether oxygens (including phenoxy) is 1. The summed E-state index contributed by atoms with van der Waals surface area (Å²) in [5, 5.41) is 3.04. The molecule has 0 unspecified atom stereocenters. The molecular weight excluding hydrogens is 428 g/mol. The van der Waals surface area contributed by atoms with Crippen LogP contribution in [0.1, 0.15) is 51.8 Å². The first-order chi connectivity index (χ1) is 16.6. The lowest BCUT2D eigenvalue weighted by Gasteiger charge is -2.31. The van der Waals surface area contributed by atoms with Crippen LogP contribution in [0.5, 0.6) is 0 Å². The van der Waals surface area contributed by atoms with Crippen molar-refractivity contribution in [2.75, 3.05) is 13.1 Å². The summed E-state index contributed by atoms with van der Waals surface area (Å²) >= 11 is 0. The van der Waals surface area contributed by atoms with Crippen molar-refractivity contribution < 1.29 is 14.3 Å². The van der Waals surface area contributed by atoms with Gasteiger partial charge >= 0.3 is 0 Å². The molecule has 1 aromatic heterocycles. The van der Waals surface area contributed by atoms with Gasteiger partial charge in [0.05, 0.1) is 25.2 Å². The van der Waals surface area contributed by atoms with Gasteiger partial charge in [0.2, 0.25) is 5.91 Å². The number of amides is 2. The first-order valence-corrected chi connectivity index (χ1v) is 11.9. The van der Waals surface area contributed by atoms with Crippen molar-refractivity contribution in [2.45, 2.75) is 45.6 Å². The summed E-state index contributed by atoms with van der Waals surface area (Å²) in [6.45, 7) is 4.69. The van der Waals surface area contributed by atoms with E-state index in [-0.39, 0.29) is 23.8 Å². The second kappa shape index (κ2) is 9.81. The van der Waals surface area contributed by atoms with Gasteiger partial charge in [-0.25, -0.2) is 4.98 Å². The molecule has 2 amide bonds. The van der Waals surface area contributed by atoms with Crippen molar-refractivity contribution in [3.63, 3.8) is 0 Å². The normalized spacial score (nSPS) is 18.4. The number of nitrogens with zero attached hydrogens (tertiary/aromatic N) is 3. The van der Waals surface area contributed by atoms with E-state index < -0.39 is 0 Å². The van der Waals surface area contributed by atoms with E-state index in [1.165, 1.54) is 5.56 Å². The van der Waals surface area contributed by atoms with Gasteiger partial charge in [-0.3, -0.25) is 9.59 Å². The van der Waals surface area contributed by atoms with Crippen molar-refractivity contribution in [3.8, 4) is 0 Å². The quantitative estimate of drug-likeness (QED) is 0.634. The maximum Gasteiger partial charge on any atom is 0.274 e. The lowest BCUT2D eigenvalue weighted by molar-refractivity contribution is -0.126. The standard InChI is InChI=1S/C27H30N4O3/c1-19-7-9-20(10-8-19)15-28-26(32)22-11-13-30(14-12-22)27(33)25-23-17-34-24(16-31(23)18-29-25)21-5-3-2-4-6-21/h2-10,18,22,24H,11-17H2,1H3,(H,28,32)/t24-/m1/s1. The Labute approximate surface area is 199 Å². The van der Waals surface area contributed by atoms with E-state index in [0.717, 1.165) is 16.8 Å². The fraction of sp³-hybridized carbons (Fsp3) is 0.370. The highest BCUT2D eigenvalue weighted by molar-refractivity contribution is 5.93. The number of nitrogens with one attached hydrogen (secondary N) is 1. The molecule has 2 aliphatic rings. The van der Waals surface area contributed by atoms with Gasteiger partial charge in [0, 0.05) is 25.6 Å². The van der Waals surface area contributed by atoms with Crippen LogP contribution in [0.25, 0.3) is 0 Å². The topological polar surface area (TPSA) is 76.5 Å². The average molecular weight is 459 g/mol. The molecule has 0 saturated carbocycles. The zero-order chi connectivity index (χ0) is 23.5.